The van der Waals surface area contributed by atoms with Crippen molar-refractivity contribution < 1.29 is 4.74 Å². The van der Waals surface area contributed by atoms with E-state index < -0.39 is 0 Å². The van der Waals surface area contributed by atoms with E-state index in [4.69, 9.17) is 4.74 Å². The molecule has 0 radical (unpaired) electrons. The summed E-state index contributed by atoms with van der Waals surface area (Å²) in [6.07, 6.45) is 41.7. The molecule has 0 aromatic rings. The highest BCUT2D eigenvalue weighted by molar-refractivity contribution is 4.52. The minimum absolute atomic E-state index is 0.989. The number of rotatable bonds is 31. The molecule has 0 aliphatic rings. The predicted octanol–water partition coefficient (Wildman–Crippen LogP) is 12.4. The Morgan fingerprint density at radius 2 is 0.412 bits per heavy atom. The Bertz CT molecular complexity index is 295. The van der Waals surface area contributed by atoms with Gasteiger partial charge in [0.15, 0.2) is 0 Å². The molecule has 0 spiro atoms. The summed E-state index contributed by atoms with van der Waals surface area (Å²) >= 11 is 0. The molecule has 206 valence electrons. The lowest BCUT2D eigenvalue weighted by atomic mass is 10.0. The molecule has 0 unspecified atom stereocenters. The van der Waals surface area contributed by atoms with E-state index >= 15 is 0 Å². The summed E-state index contributed by atoms with van der Waals surface area (Å²) in [5, 5.41) is 0. The maximum absolute atomic E-state index is 5.76. The van der Waals surface area contributed by atoms with Gasteiger partial charge in [0.25, 0.3) is 0 Å². The van der Waals surface area contributed by atoms with Crippen molar-refractivity contribution >= 4 is 0 Å². The monoisotopic (exact) mass is 481 g/mol. The minimum Gasteiger partial charge on any atom is -0.381 e. The highest BCUT2D eigenvalue weighted by Crippen LogP contribution is 2.15. The van der Waals surface area contributed by atoms with Crippen molar-refractivity contribution in [3.05, 3.63) is 0 Å². The Kier molecular flexibility index (Phi) is 32.9. The van der Waals surface area contributed by atoms with E-state index in [1.54, 1.807) is 0 Å². The first kappa shape index (κ1) is 34.0. The van der Waals surface area contributed by atoms with Crippen molar-refractivity contribution in [3.8, 4) is 0 Å². The van der Waals surface area contributed by atoms with E-state index in [2.05, 4.69) is 13.8 Å². The molecule has 0 amide bonds. The molecular weight excluding hydrogens is 412 g/mol. The van der Waals surface area contributed by atoms with E-state index in [1.165, 1.54) is 186 Å². The lowest BCUT2D eigenvalue weighted by Crippen LogP contribution is -1.97. The minimum atomic E-state index is 0.989. The van der Waals surface area contributed by atoms with Gasteiger partial charge in [0.05, 0.1) is 0 Å². The number of unbranched alkanes of at least 4 members (excludes halogenated alkanes) is 27. The van der Waals surface area contributed by atoms with Crippen molar-refractivity contribution in [1.82, 2.24) is 0 Å². The Morgan fingerprint density at radius 3 is 0.618 bits per heavy atom. The molecule has 0 atom stereocenters. The largest absolute Gasteiger partial charge is 0.381 e. The predicted molar refractivity (Wildman–Crippen MR) is 156 cm³/mol. The van der Waals surface area contributed by atoms with E-state index in [0.29, 0.717) is 0 Å². The van der Waals surface area contributed by atoms with Gasteiger partial charge in [0.1, 0.15) is 0 Å². The van der Waals surface area contributed by atoms with Crippen molar-refractivity contribution in [3.63, 3.8) is 0 Å². The van der Waals surface area contributed by atoms with Gasteiger partial charge in [-0.05, 0) is 12.8 Å². The fourth-order valence-electron chi connectivity index (χ4n) is 5.08. The highest BCUT2D eigenvalue weighted by atomic mass is 16.5. The van der Waals surface area contributed by atoms with Crippen LogP contribution in [-0.2, 0) is 4.74 Å². The zero-order valence-corrected chi connectivity index (χ0v) is 24.3. The molecule has 0 fully saturated rings. The van der Waals surface area contributed by atoms with Crippen molar-refractivity contribution in [2.24, 2.45) is 0 Å². The molecule has 1 heteroatoms. The van der Waals surface area contributed by atoms with Crippen LogP contribution in [0.4, 0.5) is 0 Å². The van der Waals surface area contributed by atoms with Crippen LogP contribution in [0.1, 0.15) is 200 Å². The van der Waals surface area contributed by atoms with Gasteiger partial charge in [0, 0.05) is 13.2 Å². The molecule has 0 heterocycles. The maximum Gasteiger partial charge on any atom is 0.0466 e. The average molecular weight is 481 g/mol. The van der Waals surface area contributed by atoms with E-state index in [-0.39, 0.29) is 0 Å². The molecule has 0 rings (SSSR count). The van der Waals surface area contributed by atoms with Crippen LogP contribution < -0.4 is 0 Å². The molecule has 0 aliphatic carbocycles. The quantitative estimate of drug-likeness (QED) is 0.0896. The number of hydrogen-bond donors (Lipinski definition) is 0. The smallest absolute Gasteiger partial charge is 0.0466 e. The Balaban J connectivity index is 2.99. The van der Waals surface area contributed by atoms with Crippen LogP contribution in [0.3, 0.4) is 0 Å². The standard InChI is InChI=1S/C33H68O/c1-3-5-7-9-10-11-12-13-14-15-16-17-18-19-20-21-22-23-24-25-26-27-29-31-33-34-32-30-28-8-6-4-2/h3-33H2,1-2H3. The molecule has 0 saturated heterocycles. The fraction of sp³-hybridized carbons (Fsp3) is 1.00. The maximum atomic E-state index is 5.76. The summed E-state index contributed by atoms with van der Waals surface area (Å²) in [6, 6.07) is 0. The summed E-state index contributed by atoms with van der Waals surface area (Å²) in [4.78, 5) is 0. The average Bonchev–Trinajstić information content (AvgIpc) is 2.85. The Morgan fingerprint density at radius 1 is 0.235 bits per heavy atom. The van der Waals surface area contributed by atoms with Gasteiger partial charge >= 0.3 is 0 Å². The van der Waals surface area contributed by atoms with Crippen molar-refractivity contribution in [2.45, 2.75) is 200 Å². The summed E-state index contributed by atoms with van der Waals surface area (Å²) in [6.45, 7) is 6.56. The molecule has 34 heavy (non-hydrogen) atoms. The fourth-order valence-corrected chi connectivity index (χ4v) is 5.08. The molecule has 0 aromatic heterocycles. The van der Waals surface area contributed by atoms with Crippen LogP contribution in [0.25, 0.3) is 0 Å². The lowest BCUT2D eigenvalue weighted by molar-refractivity contribution is 0.125. The molecular formula is C33H68O. The third kappa shape index (κ3) is 32.0. The van der Waals surface area contributed by atoms with E-state index in [9.17, 15) is 0 Å². The third-order valence-electron chi connectivity index (χ3n) is 7.53. The van der Waals surface area contributed by atoms with Gasteiger partial charge in [-0.15, -0.1) is 0 Å². The van der Waals surface area contributed by atoms with Crippen LogP contribution >= 0.6 is 0 Å². The van der Waals surface area contributed by atoms with Gasteiger partial charge in [-0.2, -0.15) is 0 Å². The molecule has 0 saturated carbocycles. The molecule has 1 nitrogen and oxygen atoms in total. The van der Waals surface area contributed by atoms with E-state index in [0.717, 1.165) is 13.2 Å². The molecule has 0 aliphatic heterocycles. The second kappa shape index (κ2) is 33.0. The first-order valence-corrected chi connectivity index (χ1v) is 16.5. The van der Waals surface area contributed by atoms with Gasteiger partial charge in [-0.25, -0.2) is 0 Å². The van der Waals surface area contributed by atoms with Crippen molar-refractivity contribution in [2.75, 3.05) is 13.2 Å². The second-order valence-corrected chi connectivity index (χ2v) is 11.2. The van der Waals surface area contributed by atoms with Gasteiger partial charge < -0.3 is 4.74 Å². The molecule has 0 bridgehead atoms. The second-order valence-electron chi connectivity index (χ2n) is 11.2. The van der Waals surface area contributed by atoms with Crippen LogP contribution in [0, 0.1) is 0 Å². The van der Waals surface area contributed by atoms with Crippen molar-refractivity contribution in [1.29, 1.82) is 0 Å². The molecule has 0 aromatic carbocycles. The lowest BCUT2D eigenvalue weighted by Gasteiger charge is -2.05. The Hall–Kier alpha value is -0.0400. The van der Waals surface area contributed by atoms with E-state index in [1.807, 2.05) is 0 Å². The summed E-state index contributed by atoms with van der Waals surface area (Å²) < 4.78 is 5.76. The van der Waals surface area contributed by atoms with Crippen LogP contribution in [0.15, 0.2) is 0 Å². The van der Waals surface area contributed by atoms with Crippen LogP contribution in [0.5, 0.6) is 0 Å². The zero-order chi connectivity index (χ0) is 24.6. The van der Waals surface area contributed by atoms with Crippen LogP contribution in [0.2, 0.25) is 0 Å². The first-order chi connectivity index (χ1) is 16.9. The SMILES string of the molecule is CCCCCCCCCCCCCCCCCCCCCCCCCCOCCCCCCC. The Labute approximate surface area is 218 Å². The normalized spacial score (nSPS) is 11.5. The molecule has 0 N–H and O–H groups in total. The van der Waals surface area contributed by atoms with Gasteiger partial charge in [-0.1, -0.05) is 187 Å². The number of ether oxygens (including phenoxy) is 1. The summed E-state index contributed by atoms with van der Waals surface area (Å²) in [5.41, 5.74) is 0. The van der Waals surface area contributed by atoms with Gasteiger partial charge in [0.2, 0.25) is 0 Å². The highest BCUT2D eigenvalue weighted by Gasteiger charge is 1.96. The van der Waals surface area contributed by atoms with Gasteiger partial charge in [-0.3, -0.25) is 0 Å². The summed E-state index contributed by atoms with van der Waals surface area (Å²) in [7, 11) is 0. The zero-order valence-electron chi connectivity index (χ0n) is 24.3. The third-order valence-corrected chi connectivity index (χ3v) is 7.53. The number of hydrogen-bond acceptors (Lipinski definition) is 1. The van der Waals surface area contributed by atoms with Crippen LogP contribution in [-0.4, -0.2) is 13.2 Å². The first-order valence-electron chi connectivity index (χ1n) is 16.5. The summed E-state index contributed by atoms with van der Waals surface area (Å²) in [5.74, 6) is 0. The topological polar surface area (TPSA) is 9.23 Å².